The third kappa shape index (κ3) is 1.91. The molecule has 24 heavy (non-hydrogen) atoms. The van der Waals surface area contributed by atoms with Crippen molar-refractivity contribution >= 4 is 5.97 Å². The van der Waals surface area contributed by atoms with Crippen LogP contribution in [0.15, 0.2) is 12.2 Å². The van der Waals surface area contributed by atoms with Gasteiger partial charge in [0.2, 0.25) is 0 Å². The highest BCUT2D eigenvalue weighted by atomic mass is 16.5. The molecule has 3 heteroatoms. The van der Waals surface area contributed by atoms with E-state index in [0.29, 0.717) is 17.8 Å². The molecule has 0 saturated heterocycles. The Morgan fingerprint density at radius 1 is 1.17 bits per heavy atom. The molecule has 0 radical (unpaired) electrons. The lowest BCUT2D eigenvalue weighted by Gasteiger charge is -2.62. The van der Waals surface area contributed by atoms with Crippen LogP contribution in [0, 0.1) is 34.0 Å². The Morgan fingerprint density at radius 3 is 2.62 bits per heavy atom. The number of ether oxygens (including phenoxy) is 1. The normalized spacial score (nSPS) is 55.6. The van der Waals surface area contributed by atoms with E-state index in [1.54, 1.807) is 0 Å². The first-order chi connectivity index (χ1) is 11.2. The largest absolute Gasteiger partial charge is 0.469 e. The van der Waals surface area contributed by atoms with Crippen LogP contribution in [0.1, 0.15) is 65.7 Å². The van der Waals surface area contributed by atoms with Crippen LogP contribution >= 0.6 is 0 Å². The number of carbonyl (C=O) groups is 1. The highest BCUT2D eigenvalue weighted by Crippen LogP contribution is 2.71. The van der Waals surface area contributed by atoms with E-state index in [9.17, 15) is 9.90 Å². The molecule has 0 amide bonds. The number of fused-ring (bicyclic) bond motifs is 3. The summed E-state index contributed by atoms with van der Waals surface area (Å²) in [4.78, 5) is 12.6. The maximum absolute atomic E-state index is 12.6. The Morgan fingerprint density at radius 2 is 1.92 bits per heavy atom. The SMILES string of the molecule is COC(=O)C1(C)CCCC2(C)C3C=CC4CC3(CCC12)CC4(C)O. The summed E-state index contributed by atoms with van der Waals surface area (Å²) in [5, 5.41) is 10.9. The average molecular weight is 332 g/mol. The molecule has 1 spiro atoms. The molecule has 2 bridgehead atoms. The standard InChI is InChI=1S/C21H32O3/c1-18-9-5-10-19(2,17(22)24-4)15(18)8-11-21-12-14(6-7-16(18)21)20(3,23)13-21/h6-7,14-16,23H,5,8-13H2,1-4H3. The number of hydrogen-bond acceptors (Lipinski definition) is 3. The smallest absolute Gasteiger partial charge is 0.311 e. The number of carbonyl (C=O) groups excluding carboxylic acids is 1. The molecule has 3 fully saturated rings. The van der Waals surface area contributed by atoms with E-state index in [1.807, 2.05) is 6.92 Å². The third-order valence-corrected chi connectivity index (χ3v) is 8.60. The lowest BCUT2D eigenvalue weighted by molar-refractivity contribution is -0.177. The number of hydrogen-bond donors (Lipinski definition) is 1. The molecule has 1 N–H and O–H groups in total. The molecule has 3 nitrogen and oxygen atoms in total. The Labute approximate surface area is 145 Å². The number of aliphatic hydroxyl groups is 1. The third-order valence-electron chi connectivity index (χ3n) is 8.60. The second kappa shape index (κ2) is 4.87. The van der Waals surface area contributed by atoms with Crippen molar-refractivity contribution in [3.05, 3.63) is 12.2 Å². The number of methoxy groups -OCH3 is 1. The van der Waals surface area contributed by atoms with Gasteiger partial charge in [-0.1, -0.05) is 25.5 Å². The van der Waals surface area contributed by atoms with Crippen molar-refractivity contribution in [2.75, 3.05) is 7.11 Å². The van der Waals surface area contributed by atoms with Gasteiger partial charge in [-0.3, -0.25) is 4.79 Å². The lowest BCUT2D eigenvalue weighted by atomic mass is 9.42. The zero-order valence-electron chi connectivity index (χ0n) is 15.6. The van der Waals surface area contributed by atoms with Crippen molar-refractivity contribution in [3.8, 4) is 0 Å². The van der Waals surface area contributed by atoms with Crippen molar-refractivity contribution in [1.82, 2.24) is 0 Å². The van der Waals surface area contributed by atoms with Crippen LogP contribution in [0.3, 0.4) is 0 Å². The van der Waals surface area contributed by atoms with Crippen LogP contribution in [0.4, 0.5) is 0 Å². The molecule has 7 atom stereocenters. The summed E-state index contributed by atoms with van der Waals surface area (Å²) >= 11 is 0. The minimum Gasteiger partial charge on any atom is -0.469 e. The number of esters is 1. The molecule has 0 aliphatic heterocycles. The number of rotatable bonds is 1. The van der Waals surface area contributed by atoms with Gasteiger partial charge in [-0.2, -0.15) is 0 Å². The molecule has 3 saturated carbocycles. The summed E-state index contributed by atoms with van der Waals surface area (Å²) < 4.78 is 5.22. The van der Waals surface area contributed by atoms with Crippen LogP contribution in [0.25, 0.3) is 0 Å². The van der Waals surface area contributed by atoms with Gasteiger partial charge in [-0.05, 0) is 75.0 Å². The van der Waals surface area contributed by atoms with Crippen molar-refractivity contribution in [2.24, 2.45) is 34.0 Å². The van der Waals surface area contributed by atoms with Gasteiger partial charge in [0.1, 0.15) is 0 Å². The number of allylic oxidation sites excluding steroid dienone is 1. The highest BCUT2D eigenvalue weighted by Gasteiger charge is 2.66. The van der Waals surface area contributed by atoms with E-state index in [2.05, 4.69) is 26.0 Å². The van der Waals surface area contributed by atoms with Crippen LogP contribution < -0.4 is 0 Å². The maximum Gasteiger partial charge on any atom is 0.311 e. The highest BCUT2D eigenvalue weighted by molar-refractivity contribution is 5.77. The molecule has 4 rings (SSSR count). The summed E-state index contributed by atoms with van der Waals surface area (Å²) in [5.41, 5.74) is -0.534. The predicted octanol–water partition coefficient (Wildman–Crippen LogP) is 4.10. The van der Waals surface area contributed by atoms with E-state index < -0.39 is 5.60 Å². The van der Waals surface area contributed by atoms with Gasteiger partial charge in [-0.25, -0.2) is 0 Å². The molecule has 134 valence electrons. The molecule has 4 aliphatic carbocycles. The van der Waals surface area contributed by atoms with Gasteiger partial charge < -0.3 is 9.84 Å². The van der Waals surface area contributed by atoms with Gasteiger partial charge in [0.15, 0.2) is 0 Å². The van der Waals surface area contributed by atoms with Crippen LogP contribution in [0.2, 0.25) is 0 Å². The minimum absolute atomic E-state index is 0.0227. The van der Waals surface area contributed by atoms with Crippen LogP contribution in [-0.4, -0.2) is 23.8 Å². The van der Waals surface area contributed by atoms with E-state index in [0.717, 1.165) is 38.5 Å². The quantitative estimate of drug-likeness (QED) is 0.581. The van der Waals surface area contributed by atoms with Crippen LogP contribution in [-0.2, 0) is 9.53 Å². The second-order valence-corrected chi connectivity index (χ2v) is 9.93. The zero-order valence-corrected chi connectivity index (χ0v) is 15.6. The fourth-order valence-electron chi connectivity index (χ4n) is 7.64. The van der Waals surface area contributed by atoms with Crippen molar-refractivity contribution < 1.29 is 14.6 Å². The minimum atomic E-state index is -0.561. The summed E-state index contributed by atoms with van der Waals surface area (Å²) in [6, 6.07) is 0. The second-order valence-electron chi connectivity index (χ2n) is 9.93. The molecule has 7 unspecified atom stereocenters. The van der Waals surface area contributed by atoms with E-state index >= 15 is 0 Å². The van der Waals surface area contributed by atoms with Crippen molar-refractivity contribution in [3.63, 3.8) is 0 Å². The topological polar surface area (TPSA) is 46.5 Å². The Hall–Kier alpha value is -0.830. The van der Waals surface area contributed by atoms with Gasteiger partial charge in [0.25, 0.3) is 0 Å². The Bertz CT molecular complexity index is 594. The molecule has 0 aromatic carbocycles. The van der Waals surface area contributed by atoms with E-state index in [4.69, 9.17) is 4.74 Å². The molecular weight excluding hydrogens is 300 g/mol. The molecule has 0 aromatic rings. The van der Waals surface area contributed by atoms with Gasteiger partial charge >= 0.3 is 5.97 Å². The fourth-order valence-corrected chi connectivity index (χ4v) is 7.64. The Kier molecular flexibility index (Phi) is 3.37. The summed E-state index contributed by atoms with van der Waals surface area (Å²) in [7, 11) is 1.53. The zero-order chi connectivity index (χ0) is 17.4. The van der Waals surface area contributed by atoms with Gasteiger partial charge in [0, 0.05) is 5.92 Å². The molecular formula is C21H32O3. The molecule has 0 heterocycles. The van der Waals surface area contributed by atoms with Crippen molar-refractivity contribution in [2.45, 2.75) is 71.3 Å². The molecule has 4 aliphatic rings. The van der Waals surface area contributed by atoms with Gasteiger partial charge in [-0.15, -0.1) is 0 Å². The molecule has 0 aromatic heterocycles. The first kappa shape index (κ1) is 16.6. The van der Waals surface area contributed by atoms with E-state index in [1.165, 1.54) is 13.5 Å². The first-order valence-corrected chi connectivity index (χ1v) is 9.67. The monoisotopic (exact) mass is 332 g/mol. The van der Waals surface area contributed by atoms with Crippen LogP contribution in [0.5, 0.6) is 0 Å². The summed E-state index contributed by atoms with van der Waals surface area (Å²) in [6.07, 6.45) is 12.2. The average Bonchev–Trinajstić information content (AvgIpc) is 2.70. The van der Waals surface area contributed by atoms with E-state index in [-0.39, 0.29) is 22.2 Å². The fraction of sp³-hybridized carbons (Fsp3) is 0.857. The van der Waals surface area contributed by atoms with Gasteiger partial charge in [0.05, 0.1) is 18.1 Å². The predicted molar refractivity (Wildman–Crippen MR) is 93.2 cm³/mol. The summed E-state index contributed by atoms with van der Waals surface area (Å²) in [5.74, 6) is 1.15. The Balaban J connectivity index is 1.75. The summed E-state index contributed by atoms with van der Waals surface area (Å²) in [6.45, 7) is 6.58. The maximum atomic E-state index is 12.6. The lowest BCUT2D eigenvalue weighted by Crippen LogP contribution is -2.57. The first-order valence-electron chi connectivity index (χ1n) is 9.67. The van der Waals surface area contributed by atoms with Crippen molar-refractivity contribution in [1.29, 1.82) is 0 Å².